The van der Waals surface area contributed by atoms with Crippen molar-refractivity contribution in [3.8, 4) is 23.8 Å². The number of benzene rings is 3. The van der Waals surface area contributed by atoms with Crippen LogP contribution < -0.4 is 14.4 Å². The van der Waals surface area contributed by atoms with Crippen molar-refractivity contribution in [3.63, 3.8) is 0 Å². The number of rotatable bonds is 4. The Hall–Kier alpha value is -3.45. The summed E-state index contributed by atoms with van der Waals surface area (Å²) in [5.41, 5.74) is 3.02. The summed E-state index contributed by atoms with van der Waals surface area (Å²) in [6, 6.07) is 18.1. The molecule has 0 aromatic heterocycles. The van der Waals surface area contributed by atoms with Gasteiger partial charge in [-0.05, 0) is 40.1 Å². The van der Waals surface area contributed by atoms with Gasteiger partial charge in [0.05, 0.1) is 20.8 Å². The molecular formula is C24H21NO3. The minimum atomic E-state index is -0.0811. The Bertz CT molecular complexity index is 1100. The first kappa shape index (κ1) is 17.9. The molecule has 0 fully saturated rings. The van der Waals surface area contributed by atoms with Gasteiger partial charge in [0, 0.05) is 18.0 Å². The van der Waals surface area contributed by atoms with Crippen LogP contribution in [0.5, 0.6) is 11.5 Å². The van der Waals surface area contributed by atoms with Crippen molar-refractivity contribution in [3.05, 3.63) is 65.7 Å². The summed E-state index contributed by atoms with van der Waals surface area (Å²) in [5.74, 6) is 3.88. The van der Waals surface area contributed by atoms with E-state index in [4.69, 9.17) is 15.9 Å². The van der Waals surface area contributed by atoms with Crippen molar-refractivity contribution in [1.82, 2.24) is 0 Å². The summed E-state index contributed by atoms with van der Waals surface area (Å²) in [5, 5.41) is 2.27. The maximum atomic E-state index is 12.9. The van der Waals surface area contributed by atoms with E-state index in [1.54, 1.807) is 19.1 Å². The van der Waals surface area contributed by atoms with Gasteiger partial charge in [-0.25, -0.2) is 0 Å². The number of hydrogen-bond donors (Lipinski definition) is 0. The average molecular weight is 371 g/mol. The van der Waals surface area contributed by atoms with Crippen molar-refractivity contribution >= 4 is 22.4 Å². The largest absolute Gasteiger partial charge is 0.493 e. The Labute approximate surface area is 164 Å². The highest BCUT2D eigenvalue weighted by atomic mass is 16.5. The Kier molecular flexibility index (Phi) is 4.67. The number of fused-ring (bicyclic) bond motifs is 3. The van der Waals surface area contributed by atoms with Crippen molar-refractivity contribution in [1.29, 1.82) is 0 Å². The number of carbonyl (C=O) groups is 1. The molecule has 0 N–H and O–H groups in total. The minimum Gasteiger partial charge on any atom is -0.493 e. The number of methoxy groups -OCH3 is 2. The van der Waals surface area contributed by atoms with Crippen LogP contribution in [0.25, 0.3) is 10.8 Å². The average Bonchev–Trinajstić information content (AvgIpc) is 2.74. The second-order valence-corrected chi connectivity index (χ2v) is 6.77. The molecule has 28 heavy (non-hydrogen) atoms. The van der Waals surface area contributed by atoms with E-state index in [-0.39, 0.29) is 18.4 Å². The van der Waals surface area contributed by atoms with Gasteiger partial charge >= 0.3 is 0 Å². The first-order valence-electron chi connectivity index (χ1n) is 9.15. The highest BCUT2D eigenvalue weighted by Gasteiger charge is 2.33. The fourth-order valence-corrected chi connectivity index (χ4v) is 4.03. The summed E-state index contributed by atoms with van der Waals surface area (Å²) < 4.78 is 10.8. The molecule has 0 spiro atoms. The van der Waals surface area contributed by atoms with E-state index < -0.39 is 0 Å². The predicted octanol–water partition coefficient (Wildman–Crippen LogP) is 4.36. The summed E-state index contributed by atoms with van der Waals surface area (Å²) >= 11 is 0. The summed E-state index contributed by atoms with van der Waals surface area (Å²) in [6.45, 7) is 0.267. The molecular weight excluding hydrogens is 350 g/mol. The topological polar surface area (TPSA) is 38.8 Å². The zero-order valence-corrected chi connectivity index (χ0v) is 15.9. The highest BCUT2D eigenvalue weighted by Crippen LogP contribution is 2.45. The lowest BCUT2D eigenvalue weighted by Gasteiger charge is -2.34. The number of ether oxygens (including phenoxy) is 2. The third kappa shape index (κ3) is 2.86. The van der Waals surface area contributed by atoms with Gasteiger partial charge in [-0.3, -0.25) is 4.79 Å². The lowest BCUT2D eigenvalue weighted by molar-refractivity contribution is -0.119. The molecule has 1 unspecified atom stereocenters. The SMILES string of the molecule is C#CCN1C(=O)CC(c2ccc(OC)c(OC)c2)c2c1ccc1ccccc21. The number of terminal acetylenes is 1. The number of anilines is 1. The fourth-order valence-electron chi connectivity index (χ4n) is 4.03. The molecule has 0 aliphatic carbocycles. The number of hydrogen-bond acceptors (Lipinski definition) is 3. The van der Waals surface area contributed by atoms with Gasteiger partial charge in [0.2, 0.25) is 5.91 Å². The van der Waals surface area contributed by atoms with E-state index in [0.717, 1.165) is 27.6 Å². The Morgan fingerprint density at radius 1 is 1.07 bits per heavy atom. The van der Waals surface area contributed by atoms with E-state index in [9.17, 15) is 4.79 Å². The molecule has 1 heterocycles. The number of carbonyl (C=O) groups excluding carboxylic acids is 1. The molecule has 4 heteroatoms. The van der Waals surface area contributed by atoms with Gasteiger partial charge in [0.1, 0.15) is 0 Å². The van der Waals surface area contributed by atoms with Crippen LogP contribution in [0.2, 0.25) is 0 Å². The first-order valence-corrected chi connectivity index (χ1v) is 9.15. The Morgan fingerprint density at radius 3 is 2.61 bits per heavy atom. The molecule has 3 aromatic carbocycles. The smallest absolute Gasteiger partial charge is 0.228 e. The van der Waals surface area contributed by atoms with Gasteiger partial charge in [0.15, 0.2) is 11.5 Å². The van der Waals surface area contributed by atoms with Gasteiger partial charge < -0.3 is 14.4 Å². The van der Waals surface area contributed by atoms with Crippen LogP contribution in [0.15, 0.2) is 54.6 Å². The molecule has 4 nitrogen and oxygen atoms in total. The van der Waals surface area contributed by atoms with Gasteiger partial charge in [-0.2, -0.15) is 0 Å². The normalized spacial score (nSPS) is 15.8. The van der Waals surface area contributed by atoms with E-state index in [0.29, 0.717) is 17.9 Å². The monoisotopic (exact) mass is 371 g/mol. The molecule has 3 aromatic rings. The highest BCUT2D eigenvalue weighted by molar-refractivity contribution is 6.03. The minimum absolute atomic E-state index is 0.0283. The predicted molar refractivity (Wildman–Crippen MR) is 111 cm³/mol. The lowest BCUT2D eigenvalue weighted by atomic mass is 9.81. The third-order valence-corrected chi connectivity index (χ3v) is 5.33. The molecule has 1 atom stereocenters. The first-order chi connectivity index (χ1) is 13.7. The van der Waals surface area contributed by atoms with Crippen molar-refractivity contribution < 1.29 is 14.3 Å². The van der Waals surface area contributed by atoms with Gasteiger partial charge in [-0.1, -0.05) is 42.3 Å². The number of amides is 1. The van der Waals surface area contributed by atoms with E-state index >= 15 is 0 Å². The Morgan fingerprint density at radius 2 is 1.86 bits per heavy atom. The van der Waals surface area contributed by atoms with E-state index in [1.165, 1.54) is 0 Å². The van der Waals surface area contributed by atoms with Gasteiger partial charge in [0.25, 0.3) is 0 Å². The van der Waals surface area contributed by atoms with Crippen LogP contribution in [-0.2, 0) is 4.79 Å². The molecule has 1 amide bonds. The lowest BCUT2D eigenvalue weighted by Crippen LogP contribution is -2.37. The third-order valence-electron chi connectivity index (χ3n) is 5.33. The molecule has 0 radical (unpaired) electrons. The molecule has 4 rings (SSSR count). The Balaban J connectivity index is 1.95. The van der Waals surface area contributed by atoms with Crippen molar-refractivity contribution in [2.24, 2.45) is 0 Å². The van der Waals surface area contributed by atoms with Crippen LogP contribution >= 0.6 is 0 Å². The molecule has 1 aliphatic heterocycles. The van der Waals surface area contributed by atoms with Gasteiger partial charge in [-0.15, -0.1) is 6.42 Å². The standard InChI is InChI=1S/C24H21NO3/c1-4-13-25-20-11-9-16-7-5-6-8-18(16)24(20)19(15-23(25)26)17-10-12-21(27-2)22(14-17)28-3/h1,5-12,14,19H,13,15H2,2-3H3. The number of nitrogens with zero attached hydrogens (tertiary/aromatic N) is 1. The van der Waals surface area contributed by atoms with Crippen LogP contribution in [0.4, 0.5) is 5.69 Å². The maximum absolute atomic E-state index is 12.9. The molecule has 140 valence electrons. The van der Waals surface area contributed by atoms with Crippen LogP contribution in [0.3, 0.4) is 0 Å². The van der Waals surface area contributed by atoms with E-state index in [2.05, 4.69) is 18.1 Å². The van der Waals surface area contributed by atoms with Crippen molar-refractivity contribution in [2.75, 3.05) is 25.7 Å². The second kappa shape index (κ2) is 7.28. The summed E-state index contributed by atoms with van der Waals surface area (Å²) in [6.07, 6.45) is 5.89. The fraction of sp³-hybridized carbons (Fsp3) is 0.208. The van der Waals surface area contributed by atoms with Crippen molar-refractivity contribution in [2.45, 2.75) is 12.3 Å². The van der Waals surface area contributed by atoms with E-state index in [1.807, 2.05) is 42.5 Å². The zero-order chi connectivity index (χ0) is 19.7. The summed E-state index contributed by atoms with van der Waals surface area (Å²) in [7, 11) is 3.23. The van der Waals surface area contributed by atoms with Crippen LogP contribution in [0.1, 0.15) is 23.5 Å². The summed E-state index contributed by atoms with van der Waals surface area (Å²) in [4.78, 5) is 14.6. The second-order valence-electron chi connectivity index (χ2n) is 6.77. The molecule has 1 aliphatic rings. The van der Waals surface area contributed by atoms with Crippen LogP contribution in [0, 0.1) is 12.3 Å². The maximum Gasteiger partial charge on any atom is 0.228 e. The zero-order valence-electron chi connectivity index (χ0n) is 15.9. The molecule has 0 saturated carbocycles. The molecule has 0 bridgehead atoms. The van der Waals surface area contributed by atoms with Crippen LogP contribution in [-0.4, -0.2) is 26.7 Å². The quantitative estimate of drug-likeness (QED) is 0.640. The molecule has 0 saturated heterocycles.